The first-order valence-electron chi connectivity index (χ1n) is 11.6. The number of aryl methyl sites for hydroxylation is 2. The lowest BCUT2D eigenvalue weighted by molar-refractivity contribution is 0.959. The van der Waals surface area contributed by atoms with Crippen molar-refractivity contribution in [2.75, 3.05) is 0 Å². The molecule has 0 spiro atoms. The normalized spacial score (nSPS) is 11.3. The molecule has 6 aromatic rings. The Morgan fingerprint density at radius 2 is 1.49 bits per heavy atom. The molecule has 5 nitrogen and oxygen atoms in total. The highest BCUT2D eigenvalue weighted by molar-refractivity contribution is 5.87. The fourth-order valence-corrected chi connectivity index (χ4v) is 5.02. The molecule has 0 aliphatic carbocycles. The number of imidazole rings is 2. The molecule has 2 heterocycles. The molecule has 2 aromatic heterocycles. The molecule has 0 fully saturated rings. The highest BCUT2D eigenvalue weighted by Crippen LogP contribution is 2.34. The quantitative estimate of drug-likeness (QED) is 0.298. The molecule has 0 aliphatic rings. The summed E-state index contributed by atoms with van der Waals surface area (Å²) in [6.45, 7) is 4.14. The average molecular weight is 454 g/mol. The number of hydrogen-bond donors (Lipinski definition) is 0. The molecular weight excluding hydrogens is 430 g/mol. The van der Waals surface area contributed by atoms with Gasteiger partial charge in [-0.2, -0.15) is 5.26 Å². The van der Waals surface area contributed by atoms with Gasteiger partial charge in [-0.3, -0.25) is 4.57 Å². The predicted octanol–water partition coefficient (Wildman–Crippen LogP) is 6.73. The first-order chi connectivity index (χ1) is 17.1. The maximum Gasteiger partial charge on any atom is 0.140 e. The molecule has 0 N–H and O–H groups in total. The van der Waals surface area contributed by atoms with Crippen molar-refractivity contribution in [2.24, 2.45) is 7.05 Å². The number of hydrogen-bond acceptors (Lipinski definition) is 3. The van der Waals surface area contributed by atoms with Gasteiger partial charge in [-0.1, -0.05) is 42.5 Å². The molecule has 5 heteroatoms. The largest absolute Gasteiger partial charge is 0.327 e. The van der Waals surface area contributed by atoms with Crippen LogP contribution in [0.25, 0.3) is 50.3 Å². The van der Waals surface area contributed by atoms with E-state index < -0.39 is 0 Å². The Kier molecular flexibility index (Phi) is 4.75. The van der Waals surface area contributed by atoms with Crippen LogP contribution in [0.1, 0.15) is 17.0 Å². The predicted molar refractivity (Wildman–Crippen MR) is 140 cm³/mol. The Morgan fingerprint density at radius 3 is 2.31 bits per heavy atom. The SMILES string of the molecule is Cc1c(-c2ccccc2C#N)cccc1-n1c(C)nc2ccc(-c3nc4ccccc4n3C)cc21. The van der Waals surface area contributed by atoms with Gasteiger partial charge in [0.05, 0.1) is 39.4 Å². The van der Waals surface area contributed by atoms with Gasteiger partial charge < -0.3 is 4.57 Å². The van der Waals surface area contributed by atoms with E-state index >= 15 is 0 Å². The summed E-state index contributed by atoms with van der Waals surface area (Å²) < 4.78 is 4.34. The van der Waals surface area contributed by atoms with E-state index in [9.17, 15) is 5.26 Å². The first-order valence-corrected chi connectivity index (χ1v) is 11.6. The van der Waals surface area contributed by atoms with E-state index in [-0.39, 0.29) is 0 Å². The lowest BCUT2D eigenvalue weighted by Gasteiger charge is -2.15. The maximum absolute atomic E-state index is 9.65. The molecule has 35 heavy (non-hydrogen) atoms. The number of fused-ring (bicyclic) bond motifs is 2. The summed E-state index contributed by atoms with van der Waals surface area (Å²) in [5.74, 6) is 1.84. The number of nitriles is 1. The van der Waals surface area contributed by atoms with Crippen molar-refractivity contribution < 1.29 is 0 Å². The van der Waals surface area contributed by atoms with Crippen molar-refractivity contribution >= 4 is 22.1 Å². The molecule has 0 amide bonds. The zero-order valence-electron chi connectivity index (χ0n) is 19.8. The fraction of sp³-hybridized carbons (Fsp3) is 0.100. The van der Waals surface area contributed by atoms with Crippen LogP contribution in [0.2, 0.25) is 0 Å². The number of benzene rings is 4. The smallest absolute Gasteiger partial charge is 0.140 e. The fourth-order valence-electron chi connectivity index (χ4n) is 5.02. The Balaban J connectivity index is 1.56. The highest BCUT2D eigenvalue weighted by Gasteiger charge is 2.17. The van der Waals surface area contributed by atoms with E-state index in [4.69, 9.17) is 9.97 Å². The third-order valence-corrected chi connectivity index (χ3v) is 6.75. The van der Waals surface area contributed by atoms with E-state index in [1.165, 1.54) is 0 Å². The molecule has 0 atom stereocenters. The van der Waals surface area contributed by atoms with Crippen LogP contribution >= 0.6 is 0 Å². The molecule has 0 radical (unpaired) electrons. The van der Waals surface area contributed by atoms with Crippen molar-refractivity contribution in [3.63, 3.8) is 0 Å². The van der Waals surface area contributed by atoms with Crippen LogP contribution < -0.4 is 0 Å². The van der Waals surface area contributed by atoms with Crippen molar-refractivity contribution in [3.8, 4) is 34.3 Å². The van der Waals surface area contributed by atoms with Gasteiger partial charge in [-0.15, -0.1) is 0 Å². The Morgan fingerprint density at radius 1 is 0.743 bits per heavy atom. The van der Waals surface area contributed by atoms with E-state index in [0.717, 1.165) is 61.7 Å². The van der Waals surface area contributed by atoms with Crippen molar-refractivity contribution in [1.82, 2.24) is 19.1 Å². The molecule has 0 unspecified atom stereocenters. The van der Waals surface area contributed by atoms with Gasteiger partial charge in [0.2, 0.25) is 0 Å². The van der Waals surface area contributed by atoms with Gasteiger partial charge in [0.25, 0.3) is 0 Å². The Labute approximate surface area is 203 Å². The maximum atomic E-state index is 9.65. The minimum absolute atomic E-state index is 0.670. The van der Waals surface area contributed by atoms with Crippen LogP contribution in [0.4, 0.5) is 0 Å². The molecule has 0 saturated carbocycles. The second-order valence-electron chi connectivity index (χ2n) is 8.79. The molecule has 4 aromatic carbocycles. The summed E-state index contributed by atoms with van der Waals surface area (Å²) in [5, 5.41) is 9.65. The standard InChI is InChI=1S/C30H23N5/c1-19-23(24-10-5-4-9-22(24)18-31)11-8-14-27(19)35-20(2)32-26-16-15-21(17-29(26)35)30-33-25-12-6-7-13-28(25)34(30)3/h4-17H,1-3H3. The van der Waals surface area contributed by atoms with Crippen LogP contribution in [-0.2, 0) is 7.05 Å². The van der Waals surface area contributed by atoms with Crippen molar-refractivity contribution in [2.45, 2.75) is 13.8 Å². The highest BCUT2D eigenvalue weighted by atomic mass is 15.1. The topological polar surface area (TPSA) is 59.4 Å². The van der Waals surface area contributed by atoms with E-state index in [2.05, 4.69) is 65.6 Å². The van der Waals surface area contributed by atoms with E-state index in [1.54, 1.807) is 0 Å². The third-order valence-electron chi connectivity index (χ3n) is 6.75. The molecule has 0 aliphatic heterocycles. The minimum Gasteiger partial charge on any atom is -0.327 e. The molecule has 168 valence electrons. The van der Waals surface area contributed by atoms with Gasteiger partial charge >= 0.3 is 0 Å². The molecule has 0 saturated heterocycles. The summed E-state index contributed by atoms with van der Waals surface area (Å²) in [6.07, 6.45) is 0. The zero-order valence-corrected chi connectivity index (χ0v) is 19.8. The summed E-state index contributed by atoms with van der Waals surface area (Å²) in [6, 6.07) is 30.8. The van der Waals surface area contributed by atoms with E-state index in [0.29, 0.717) is 5.56 Å². The second kappa shape index (κ2) is 7.96. The van der Waals surface area contributed by atoms with Crippen LogP contribution in [-0.4, -0.2) is 19.1 Å². The van der Waals surface area contributed by atoms with Crippen LogP contribution in [0.5, 0.6) is 0 Å². The van der Waals surface area contributed by atoms with Gasteiger partial charge in [0.1, 0.15) is 11.6 Å². The minimum atomic E-state index is 0.670. The van der Waals surface area contributed by atoms with Gasteiger partial charge in [-0.05, 0) is 73.0 Å². The average Bonchev–Trinajstić information content (AvgIpc) is 3.40. The van der Waals surface area contributed by atoms with E-state index in [1.807, 2.05) is 55.5 Å². The number of para-hydroxylation sites is 2. The summed E-state index contributed by atoms with van der Waals surface area (Å²) in [7, 11) is 2.05. The lowest BCUT2D eigenvalue weighted by Crippen LogP contribution is -2.01. The number of rotatable bonds is 3. The third kappa shape index (κ3) is 3.23. The van der Waals surface area contributed by atoms with Crippen LogP contribution in [0.15, 0.2) is 84.9 Å². The van der Waals surface area contributed by atoms with Crippen molar-refractivity contribution in [3.05, 3.63) is 102 Å². The molecule has 6 rings (SSSR count). The van der Waals surface area contributed by atoms with Gasteiger partial charge in [0, 0.05) is 12.6 Å². The Bertz CT molecular complexity index is 1800. The lowest BCUT2D eigenvalue weighted by atomic mass is 9.95. The second-order valence-corrected chi connectivity index (χ2v) is 8.79. The van der Waals surface area contributed by atoms with Gasteiger partial charge in [0.15, 0.2) is 0 Å². The van der Waals surface area contributed by atoms with Crippen molar-refractivity contribution in [1.29, 1.82) is 5.26 Å². The Hall–Kier alpha value is -4.69. The summed E-state index contributed by atoms with van der Waals surface area (Å²) in [4.78, 5) is 9.74. The van der Waals surface area contributed by atoms with Gasteiger partial charge in [-0.25, -0.2) is 9.97 Å². The molecule has 0 bridgehead atoms. The van der Waals surface area contributed by atoms with Crippen LogP contribution in [0, 0.1) is 25.2 Å². The zero-order chi connectivity index (χ0) is 24.1. The number of nitrogens with zero attached hydrogens (tertiary/aromatic N) is 5. The summed E-state index contributed by atoms with van der Waals surface area (Å²) in [5.41, 5.74) is 9.91. The monoisotopic (exact) mass is 453 g/mol. The number of aromatic nitrogens is 4. The molecular formula is C30H23N5. The van der Waals surface area contributed by atoms with Crippen LogP contribution in [0.3, 0.4) is 0 Å². The summed E-state index contributed by atoms with van der Waals surface area (Å²) >= 11 is 0. The first kappa shape index (κ1) is 20.9.